The molecule has 1 aromatic rings. The van der Waals surface area contributed by atoms with Crippen molar-refractivity contribution in [2.24, 2.45) is 11.8 Å². The van der Waals surface area contributed by atoms with Gasteiger partial charge in [-0.15, -0.1) is 0 Å². The van der Waals surface area contributed by atoms with Gasteiger partial charge in [0.15, 0.2) is 0 Å². The monoisotopic (exact) mass is 323 g/mol. The van der Waals surface area contributed by atoms with Crippen LogP contribution in [-0.2, 0) is 4.79 Å². The van der Waals surface area contributed by atoms with Crippen LogP contribution in [0.4, 0.5) is 0 Å². The van der Waals surface area contributed by atoms with Crippen LogP contribution < -0.4 is 5.56 Å². The summed E-state index contributed by atoms with van der Waals surface area (Å²) in [6, 6.07) is 2.57. The molecular weight excluding hydrogens is 298 g/mol. The second-order valence-electron chi connectivity index (χ2n) is 6.48. The highest BCUT2D eigenvalue weighted by atomic mass is 16.4. The second kappa shape index (κ2) is 7.94. The minimum atomic E-state index is -1.27. The van der Waals surface area contributed by atoms with Crippen molar-refractivity contribution in [3.8, 4) is 0 Å². The summed E-state index contributed by atoms with van der Waals surface area (Å²) in [5, 5.41) is 18.2. The summed E-state index contributed by atoms with van der Waals surface area (Å²) in [6.45, 7) is 7.64. The van der Waals surface area contributed by atoms with E-state index in [0.29, 0.717) is 18.0 Å². The largest absolute Gasteiger partial charge is 0.481 e. The quantitative estimate of drug-likeness (QED) is 0.766. The normalized spacial score (nSPS) is 13.8. The predicted molar refractivity (Wildman–Crippen MR) is 86.9 cm³/mol. The molecule has 6 heteroatoms. The lowest BCUT2D eigenvalue weighted by Crippen LogP contribution is -2.34. The molecule has 0 aliphatic rings. The lowest BCUT2D eigenvalue weighted by atomic mass is 9.91. The van der Waals surface area contributed by atoms with E-state index in [1.165, 1.54) is 10.6 Å². The minimum absolute atomic E-state index is 0.0636. The zero-order valence-corrected chi connectivity index (χ0v) is 14.1. The minimum Gasteiger partial charge on any atom is -0.481 e. The molecule has 0 fully saturated rings. The highest BCUT2D eigenvalue weighted by Crippen LogP contribution is 2.28. The van der Waals surface area contributed by atoms with Gasteiger partial charge in [0.05, 0.1) is 0 Å². The number of hydrogen-bond donors (Lipinski definition) is 2. The number of carboxylic acid groups (broad SMARTS) is 2. The molecule has 0 aliphatic heterocycles. The molecule has 1 heterocycles. The van der Waals surface area contributed by atoms with Crippen LogP contribution in [0.3, 0.4) is 0 Å². The molecule has 0 saturated heterocycles. The highest BCUT2D eigenvalue weighted by Gasteiger charge is 2.25. The number of hydrogen-bond acceptors (Lipinski definition) is 3. The van der Waals surface area contributed by atoms with Gasteiger partial charge in [-0.3, -0.25) is 9.59 Å². The van der Waals surface area contributed by atoms with Gasteiger partial charge in [-0.25, -0.2) is 4.79 Å². The van der Waals surface area contributed by atoms with Gasteiger partial charge < -0.3 is 14.8 Å². The maximum atomic E-state index is 12.5. The van der Waals surface area contributed by atoms with E-state index in [-0.39, 0.29) is 23.9 Å². The second-order valence-corrected chi connectivity index (χ2v) is 6.48. The van der Waals surface area contributed by atoms with Crippen molar-refractivity contribution in [3.63, 3.8) is 0 Å². The van der Waals surface area contributed by atoms with Gasteiger partial charge in [0, 0.05) is 18.2 Å². The lowest BCUT2D eigenvalue weighted by Gasteiger charge is -2.28. The van der Waals surface area contributed by atoms with E-state index in [4.69, 9.17) is 10.2 Å². The van der Waals surface area contributed by atoms with Gasteiger partial charge in [0.1, 0.15) is 5.56 Å². The summed E-state index contributed by atoms with van der Waals surface area (Å²) in [4.78, 5) is 34.8. The number of carboxylic acids is 2. The number of aromatic nitrogens is 1. The zero-order chi connectivity index (χ0) is 17.7. The van der Waals surface area contributed by atoms with E-state index < -0.39 is 17.5 Å². The van der Waals surface area contributed by atoms with Crippen LogP contribution in [-0.4, -0.2) is 26.7 Å². The first-order valence-corrected chi connectivity index (χ1v) is 7.82. The topological polar surface area (TPSA) is 96.6 Å². The Balaban J connectivity index is 3.35. The molecule has 0 bridgehead atoms. The fourth-order valence-electron chi connectivity index (χ4n) is 2.80. The van der Waals surface area contributed by atoms with Crippen LogP contribution in [0.25, 0.3) is 0 Å². The number of pyridine rings is 1. The summed E-state index contributed by atoms with van der Waals surface area (Å²) in [7, 11) is 0. The summed E-state index contributed by atoms with van der Waals surface area (Å²) in [5.74, 6) is -2.05. The molecule has 0 aliphatic carbocycles. The molecule has 128 valence electrons. The summed E-state index contributed by atoms with van der Waals surface area (Å²) >= 11 is 0. The van der Waals surface area contributed by atoms with E-state index in [2.05, 4.69) is 13.8 Å². The Hall–Kier alpha value is -2.11. The third kappa shape index (κ3) is 4.94. The highest BCUT2D eigenvalue weighted by molar-refractivity contribution is 5.87. The first-order valence-electron chi connectivity index (χ1n) is 7.82. The van der Waals surface area contributed by atoms with E-state index in [9.17, 15) is 14.4 Å². The van der Waals surface area contributed by atoms with Gasteiger partial charge in [-0.05, 0) is 43.7 Å². The molecule has 0 radical (unpaired) electrons. The third-order valence-electron chi connectivity index (χ3n) is 4.08. The summed E-state index contributed by atoms with van der Waals surface area (Å²) in [6.07, 6.45) is 1.40. The lowest BCUT2D eigenvalue weighted by molar-refractivity contribution is -0.138. The van der Waals surface area contributed by atoms with Crippen LogP contribution in [0.2, 0.25) is 0 Å². The fourth-order valence-corrected chi connectivity index (χ4v) is 2.80. The Kier molecular flexibility index (Phi) is 6.54. The van der Waals surface area contributed by atoms with Crippen molar-refractivity contribution in [3.05, 3.63) is 33.7 Å². The maximum Gasteiger partial charge on any atom is 0.341 e. The Morgan fingerprint density at radius 1 is 1.13 bits per heavy atom. The summed E-state index contributed by atoms with van der Waals surface area (Å²) in [5.41, 5.74) is -0.206. The van der Waals surface area contributed by atoms with Gasteiger partial charge >= 0.3 is 11.9 Å². The zero-order valence-electron chi connectivity index (χ0n) is 14.1. The van der Waals surface area contributed by atoms with Crippen LogP contribution in [0.1, 0.15) is 62.1 Å². The van der Waals surface area contributed by atoms with Crippen LogP contribution >= 0.6 is 0 Å². The van der Waals surface area contributed by atoms with Crippen LogP contribution in [0.5, 0.6) is 0 Å². The molecule has 23 heavy (non-hydrogen) atoms. The van der Waals surface area contributed by atoms with Crippen molar-refractivity contribution >= 4 is 11.9 Å². The number of aliphatic carboxylic acids is 1. The predicted octanol–water partition coefficient (Wildman–Crippen LogP) is 2.94. The van der Waals surface area contributed by atoms with Crippen LogP contribution in [0, 0.1) is 18.8 Å². The fraction of sp³-hybridized carbons (Fsp3) is 0.588. The molecule has 0 amide bonds. The number of nitrogens with zero attached hydrogens (tertiary/aromatic N) is 1. The molecule has 0 spiro atoms. The summed E-state index contributed by atoms with van der Waals surface area (Å²) < 4.78 is 1.46. The molecule has 1 rings (SSSR count). The Morgan fingerprint density at radius 3 is 2.22 bits per heavy atom. The van der Waals surface area contributed by atoms with Gasteiger partial charge in [0.25, 0.3) is 5.56 Å². The average Bonchev–Trinajstić information content (AvgIpc) is 2.40. The Morgan fingerprint density at radius 2 is 1.74 bits per heavy atom. The van der Waals surface area contributed by atoms with Gasteiger partial charge in [-0.2, -0.15) is 0 Å². The molecule has 6 nitrogen and oxygen atoms in total. The van der Waals surface area contributed by atoms with E-state index in [1.54, 1.807) is 19.9 Å². The standard InChI is InChI=1S/C17H25NO5/c1-10(2)5-8-14(11(3)9-15(19)20)18-12(4)6-7-13(16(18)21)17(22)23/h6-7,10-11,14H,5,8-9H2,1-4H3,(H,19,20)(H,22,23). The van der Waals surface area contributed by atoms with E-state index in [1.807, 2.05) is 0 Å². The number of aromatic carboxylic acids is 1. The van der Waals surface area contributed by atoms with Gasteiger partial charge in [0.2, 0.25) is 0 Å². The molecular formula is C17H25NO5. The van der Waals surface area contributed by atoms with Gasteiger partial charge in [-0.1, -0.05) is 20.8 Å². The third-order valence-corrected chi connectivity index (χ3v) is 4.08. The molecule has 2 N–H and O–H groups in total. The smallest absolute Gasteiger partial charge is 0.341 e. The number of carbonyl (C=O) groups is 2. The first kappa shape index (κ1) is 18.9. The average molecular weight is 323 g/mol. The molecule has 2 atom stereocenters. The van der Waals surface area contributed by atoms with Crippen molar-refractivity contribution in [2.45, 2.75) is 53.0 Å². The molecule has 2 unspecified atom stereocenters. The SMILES string of the molecule is Cc1ccc(C(=O)O)c(=O)n1C(CCC(C)C)C(C)CC(=O)O. The van der Waals surface area contributed by atoms with Crippen molar-refractivity contribution in [1.82, 2.24) is 4.57 Å². The van der Waals surface area contributed by atoms with E-state index in [0.717, 1.165) is 6.42 Å². The Labute approximate surface area is 135 Å². The Bertz CT molecular complexity index is 632. The van der Waals surface area contributed by atoms with Crippen LogP contribution in [0.15, 0.2) is 16.9 Å². The maximum absolute atomic E-state index is 12.5. The molecule has 0 saturated carbocycles. The van der Waals surface area contributed by atoms with Crippen molar-refractivity contribution < 1.29 is 19.8 Å². The molecule has 1 aromatic heterocycles. The first-order chi connectivity index (χ1) is 10.6. The van der Waals surface area contributed by atoms with Crippen molar-refractivity contribution in [1.29, 1.82) is 0 Å². The number of aryl methyl sites for hydroxylation is 1. The molecule has 0 aromatic carbocycles. The van der Waals surface area contributed by atoms with Crippen molar-refractivity contribution in [2.75, 3.05) is 0 Å². The van der Waals surface area contributed by atoms with E-state index >= 15 is 0 Å². The number of rotatable bonds is 8.